The van der Waals surface area contributed by atoms with Gasteiger partial charge in [0.2, 0.25) is 5.91 Å². The van der Waals surface area contributed by atoms with Crippen molar-refractivity contribution in [3.05, 3.63) is 11.6 Å². The lowest BCUT2D eigenvalue weighted by Crippen LogP contribution is -2.50. The topological polar surface area (TPSA) is 48.5 Å². The van der Waals surface area contributed by atoms with Crippen molar-refractivity contribution in [1.82, 2.24) is 15.2 Å². The molecule has 0 spiro atoms. The van der Waals surface area contributed by atoms with E-state index < -0.39 is 18.6 Å². The van der Waals surface area contributed by atoms with Gasteiger partial charge in [-0.05, 0) is 0 Å². The number of nitrogens with one attached hydrogen (secondary N) is 1. The number of hydrogen-bond acceptors (Lipinski definition) is 5. The third kappa shape index (κ3) is 4.64. The number of carbonyl (C=O) groups is 1. The highest BCUT2D eigenvalue weighted by Gasteiger charge is 2.28. The molecule has 1 amide bonds. The summed E-state index contributed by atoms with van der Waals surface area (Å²) in [5.74, 6) is -0.593. The molecule has 1 N–H and O–H groups in total. The number of nitrogens with zero attached hydrogens (tertiary/aromatic N) is 3. The Hall–Kier alpha value is -1.35. The van der Waals surface area contributed by atoms with Crippen LogP contribution in [-0.2, 0) is 4.79 Å². The van der Waals surface area contributed by atoms with E-state index in [1.165, 1.54) is 0 Å². The van der Waals surface area contributed by atoms with Crippen LogP contribution < -0.4 is 10.2 Å². The summed E-state index contributed by atoms with van der Waals surface area (Å²) in [5, 5.41) is 4.71. The summed E-state index contributed by atoms with van der Waals surface area (Å²) in [4.78, 5) is 19.5. The average Bonchev–Trinajstić information content (AvgIpc) is 2.90. The molecule has 1 fully saturated rings. The molecule has 20 heavy (non-hydrogen) atoms. The summed E-state index contributed by atoms with van der Waals surface area (Å²) in [7, 11) is 0. The van der Waals surface area contributed by atoms with Crippen LogP contribution in [0, 0.1) is 0 Å². The Morgan fingerprint density at radius 1 is 1.35 bits per heavy atom. The summed E-state index contributed by atoms with van der Waals surface area (Å²) in [6.07, 6.45) is -2.63. The Morgan fingerprint density at radius 2 is 2.05 bits per heavy atom. The fourth-order valence-electron chi connectivity index (χ4n) is 1.93. The van der Waals surface area contributed by atoms with Gasteiger partial charge in [-0.2, -0.15) is 13.2 Å². The zero-order valence-corrected chi connectivity index (χ0v) is 11.5. The Bertz CT molecular complexity index is 429. The van der Waals surface area contributed by atoms with E-state index in [0.717, 1.165) is 18.2 Å². The SMILES string of the molecule is O=C(CN1CCN(c2nccs2)CC1)NCC(F)(F)F. The molecule has 2 heterocycles. The van der Waals surface area contributed by atoms with Crippen molar-refractivity contribution in [1.29, 1.82) is 0 Å². The minimum absolute atomic E-state index is 0.00177. The van der Waals surface area contributed by atoms with Crippen molar-refractivity contribution in [2.24, 2.45) is 0 Å². The second-order valence-corrected chi connectivity index (χ2v) is 5.34. The van der Waals surface area contributed by atoms with Crippen molar-refractivity contribution < 1.29 is 18.0 Å². The normalized spacial score (nSPS) is 17.2. The van der Waals surface area contributed by atoms with E-state index >= 15 is 0 Å². The molecule has 0 unspecified atom stereocenters. The van der Waals surface area contributed by atoms with Gasteiger partial charge in [0.15, 0.2) is 5.13 Å². The van der Waals surface area contributed by atoms with Crippen LogP contribution in [0.1, 0.15) is 0 Å². The minimum Gasteiger partial charge on any atom is -0.346 e. The van der Waals surface area contributed by atoms with Gasteiger partial charge in [-0.3, -0.25) is 9.69 Å². The average molecular weight is 308 g/mol. The lowest BCUT2D eigenvalue weighted by molar-refractivity contribution is -0.139. The smallest absolute Gasteiger partial charge is 0.346 e. The number of rotatable bonds is 4. The van der Waals surface area contributed by atoms with Crippen LogP contribution in [0.25, 0.3) is 0 Å². The molecule has 0 radical (unpaired) electrons. The van der Waals surface area contributed by atoms with Gasteiger partial charge in [0.25, 0.3) is 0 Å². The number of hydrogen-bond donors (Lipinski definition) is 1. The number of halogens is 3. The largest absolute Gasteiger partial charge is 0.405 e. The van der Waals surface area contributed by atoms with Gasteiger partial charge in [0, 0.05) is 37.8 Å². The Morgan fingerprint density at radius 3 is 2.60 bits per heavy atom. The highest BCUT2D eigenvalue weighted by Crippen LogP contribution is 2.18. The highest BCUT2D eigenvalue weighted by molar-refractivity contribution is 7.13. The maximum absolute atomic E-state index is 12.0. The molecule has 1 aliphatic rings. The van der Waals surface area contributed by atoms with E-state index in [2.05, 4.69) is 9.88 Å². The molecule has 2 rings (SSSR count). The summed E-state index contributed by atoms with van der Waals surface area (Å²) in [6, 6.07) is 0. The maximum Gasteiger partial charge on any atom is 0.405 e. The third-order valence-corrected chi connectivity index (χ3v) is 3.75. The summed E-state index contributed by atoms with van der Waals surface area (Å²) in [5.41, 5.74) is 0. The van der Waals surface area contributed by atoms with Crippen LogP contribution in [0.4, 0.5) is 18.3 Å². The van der Waals surface area contributed by atoms with Crippen LogP contribution in [0.15, 0.2) is 11.6 Å². The molecule has 5 nitrogen and oxygen atoms in total. The van der Waals surface area contributed by atoms with Crippen LogP contribution in [-0.4, -0.2) is 61.2 Å². The Labute approximate surface area is 118 Å². The Kier molecular flexibility index (Phi) is 4.81. The molecule has 0 atom stereocenters. The number of alkyl halides is 3. The van der Waals surface area contributed by atoms with Gasteiger partial charge in [0.1, 0.15) is 6.54 Å². The monoisotopic (exact) mass is 308 g/mol. The quantitative estimate of drug-likeness (QED) is 0.899. The standard InChI is InChI=1S/C11H15F3N4OS/c12-11(13,14)8-16-9(19)7-17-2-4-18(5-3-17)10-15-1-6-20-10/h1,6H,2-5,7-8H2,(H,16,19). The predicted octanol–water partition coefficient (Wildman–Crippen LogP) is 0.944. The van der Waals surface area contributed by atoms with E-state index in [0.29, 0.717) is 13.1 Å². The molecule has 9 heteroatoms. The first-order valence-corrected chi connectivity index (χ1v) is 7.02. The van der Waals surface area contributed by atoms with Gasteiger partial charge >= 0.3 is 6.18 Å². The number of aromatic nitrogens is 1. The second kappa shape index (κ2) is 6.40. The molecular formula is C11H15F3N4OS. The zero-order valence-electron chi connectivity index (χ0n) is 10.7. The molecule has 1 aromatic heterocycles. The number of carbonyl (C=O) groups excluding carboxylic acids is 1. The lowest BCUT2D eigenvalue weighted by atomic mass is 10.3. The van der Waals surface area contributed by atoms with Crippen LogP contribution in [0.3, 0.4) is 0 Å². The summed E-state index contributed by atoms with van der Waals surface area (Å²) >= 11 is 1.55. The highest BCUT2D eigenvalue weighted by atomic mass is 32.1. The lowest BCUT2D eigenvalue weighted by Gasteiger charge is -2.34. The van der Waals surface area contributed by atoms with Gasteiger partial charge in [-0.1, -0.05) is 0 Å². The van der Waals surface area contributed by atoms with Crippen molar-refractivity contribution in [2.45, 2.75) is 6.18 Å². The molecule has 1 aromatic rings. The fraction of sp³-hybridized carbons (Fsp3) is 0.636. The van der Waals surface area contributed by atoms with Gasteiger partial charge in [0.05, 0.1) is 6.54 Å². The number of thiazole rings is 1. The van der Waals surface area contributed by atoms with E-state index in [1.807, 2.05) is 15.6 Å². The first-order valence-electron chi connectivity index (χ1n) is 6.14. The van der Waals surface area contributed by atoms with E-state index in [-0.39, 0.29) is 6.54 Å². The first-order chi connectivity index (χ1) is 9.44. The summed E-state index contributed by atoms with van der Waals surface area (Å²) < 4.78 is 35.9. The maximum atomic E-state index is 12.0. The van der Waals surface area contributed by atoms with Gasteiger partial charge in [-0.25, -0.2) is 4.98 Å². The molecular weight excluding hydrogens is 293 g/mol. The molecule has 0 saturated carbocycles. The molecule has 1 saturated heterocycles. The van der Waals surface area contributed by atoms with Gasteiger partial charge < -0.3 is 10.2 Å². The van der Waals surface area contributed by atoms with Crippen molar-refractivity contribution >= 4 is 22.4 Å². The number of anilines is 1. The third-order valence-electron chi connectivity index (χ3n) is 2.92. The molecule has 0 bridgehead atoms. The van der Waals surface area contributed by atoms with E-state index in [1.54, 1.807) is 17.5 Å². The Balaban J connectivity index is 1.70. The first kappa shape index (κ1) is 15.0. The van der Waals surface area contributed by atoms with Crippen molar-refractivity contribution in [3.63, 3.8) is 0 Å². The van der Waals surface area contributed by atoms with Crippen LogP contribution >= 0.6 is 11.3 Å². The molecule has 0 aromatic carbocycles. The fourth-order valence-corrected chi connectivity index (χ4v) is 2.62. The predicted molar refractivity (Wildman–Crippen MR) is 69.8 cm³/mol. The minimum atomic E-state index is -4.36. The summed E-state index contributed by atoms with van der Waals surface area (Å²) in [6.45, 7) is 1.45. The van der Waals surface area contributed by atoms with E-state index in [9.17, 15) is 18.0 Å². The zero-order chi connectivity index (χ0) is 14.6. The molecule has 112 valence electrons. The van der Waals surface area contributed by atoms with Gasteiger partial charge in [-0.15, -0.1) is 11.3 Å². The second-order valence-electron chi connectivity index (χ2n) is 4.47. The van der Waals surface area contributed by atoms with Crippen LogP contribution in [0.5, 0.6) is 0 Å². The number of piperazine rings is 1. The molecule has 0 aliphatic carbocycles. The van der Waals surface area contributed by atoms with E-state index in [4.69, 9.17) is 0 Å². The van der Waals surface area contributed by atoms with Crippen LogP contribution in [0.2, 0.25) is 0 Å². The van der Waals surface area contributed by atoms with Crippen molar-refractivity contribution in [2.75, 3.05) is 44.2 Å². The van der Waals surface area contributed by atoms with Crippen molar-refractivity contribution in [3.8, 4) is 0 Å². The molecule has 1 aliphatic heterocycles. The number of amides is 1.